The van der Waals surface area contributed by atoms with Crippen molar-refractivity contribution in [3.05, 3.63) is 53.6 Å². The predicted molar refractivity (Wildman–Crippen MR) is 109 cm³/mol. The zero-order valence-corrected chi connectivity index (χ0v) is 16.9. The van der Waals surface area contributed by atoms with Crippen molar-refractivity contribution in [2.24, 2.45) is 0 Å². The molecule has 0 atom stereocenters. The number of thioether (sulfide) groups is 1. The number of benzene rings is 2. The number of hydrogen-bond acceptors (Lipinski definition) is 6. The Bertz CT molecular complexity index is 848. The second kappa shape index (κ2) is 10.5. The van der Waals surface area contributed by atoms with E-state index in [0.29, 0.717) is 17.0 Å². The third kappa shape index (κ3) is 6.42. The number of Topliss-reactive ketones (excluding diaryl/α,β-unsaturated/α-hetero) is 1. The Morgan fingerprint density at radius 3 is 2.39 bits per heavy atom. The Kier molecular flexibility index (Phi) is 8.07. The van der Waals surface area contributed by atoms with E-state index in [1.807, 2.05) is 31.4 Å². The Labute approximate surface area is 168 Å². The molecular formula is C21H23NO5S. The summed E-state index contributed by atoms with van der Waals surface area (Å²) in [4.78, 5) is 37.0. The van der Waals surface area contributed by atoms with Crippen LogP contribution in [0.4, 0.5) is 5.69 Å². The van der Waals surface area contributed by atoms with Gasteiger partial charge in [-0.3, -0.25) is 14.4 Å². The highest BCUT2D eigenvalue weighted by Gasteiger charge is 2.13. The summed E-state index contributed by atoms with van der Waals surface area (Å²) in [6.45, 7) is 1.47. The van der Waals surface area contributed by atoms with Crippen molar-refractivity contribution in [2.75, 3.05) is 25.3 Å². The van der Waals surface area contributed by atoms with Crippen LogP contribution in [-0.2, 0) is 14.3 Å². The van der Waals surface area contributed by atoms with Crippen LogP contribution in [0.2, 0.25) is 0 Å². The summed E-state index contributed by atoms with van der Waals surface area (Å²) in [5.74, 6) is -0.696. The van der Waals surface area contributed by atoms with Gasteiger partial charge >= 0.3 is 5.97 Å². The van der Waals surface area contributed by atoms with Crippen LogP contribution in [0, 0.1) is 6.92 Å². The average molecular weight is 401 g/mol. The van der Waals surface area contributed by atoms with Crippen molar-refractivity contribution in [2.45, 2.75) is 24.7 Å². The molecule has 7 heteroatoms. The monoisotopic (exact) mass is 401 g/mol. The number of hydrogen-bond donors (Lipinski definition) is 1. The molecule has 0 radical (unpaired) electrons. The molecule has 28 heavy (non-hydrogen) atoms. The molecule has 6 nitrogen and oxygen atoms in total. The topological polar surface area (TPSA) is 81.7 Å². The van der Waals surface area contributed by atoms with Crippen LogP contribution in [-0.4, -0.2) is 37.6 Å². The smallest absolute Gasteiger partial charge is 0.306 e. The first kappa shape index (κ1) is 21.5. The summed E-state index contributed by atoms with van der Waals surface area (Å²) >= 11 is 1.59. The minimum Gasteiger partial charge on any atom is -0.495 e. The molecule has 148 valence electrons. The summed E-state index contributed by atoms with van der Waals surface area (Å²) in [5.41, 5.74) is 2.01. The number of anilines is 1. The van der Waals surface area contributed by atoms with Crippen molar-refractivity contribution in [1.82, 2.24) is 0 Å². The number of carbonyl (C=O) groups is 3. The summed E-state index contributed by atoms with van der Waals surface area (Å²) < 4.78 is 10.1. The van der Waals surface area contributed by atoms with Gasteiger partial charge in [-0.05, 0) is 43.0 Å². The van der Waals surface area contributed by atoms with E-state index in [2.05, 4.69) is 5.32 Å². The van der Waals surface area contributed by atoms with Crippen molar-refractivity contribution < 1.29 is 23.9 Å². The quantitative estimate of drug-likeness (QED) is 0.390. The third-order valence-electron chi connectivity index (χ3n) is 3.96. The molecule has 1 amide bonds. The fraction of sp³-hybridized carbons (Fsp3) is 0.286. The fourth-order valence-corrected chi connectivity index (χ4v) is 2.87. The van der Waals surface area contributed by atoms with E-state index in [1.165, 1.54) is 7.11 Å². The van der Waals surface area contributed by atoms with Crippen molar-refractivity contribution in [1.29, 1.82) is 0 Å². The molecule has 0 unspecified atom stereocenters. The van der Waals surface area contributed by atoms with Gasteiger partial charge in [-0.1, -0.05) is 18.2 Å². The number of ether oxygens (including phenoxy) is 2. The Hall–Kier alpha value is -2.80. The van der Waals surface area contributed by atoms with E-state index in [-0.39, 0.29) is 18.6 Å². The Morgan fingerprint density at radius 2 is 1.75 bits per heavy atom. The van der Waals surface area contributed by atoms with Crippen LogP contribution in [0.25, 0.3) is 0 Å². The first-order chi connectivity index (χ1) is 13.4. The van der Waals surface area contributed by atoms with E-state index in [4.69, 9.17) is 9.47 Å². The lowest BCUT2D eigenvalue weighted by atomic mass is 10.1. The molecule has 2 rings (SSSR count). The maximum atomic E-state index is 12.1. The molecule has 0 saturated carbocycles. The van der Waals surface area contributed by atoms with Crippen LogP contribution in [0.1, 0.15) is 28.8 Å². The number of carbonyl (C=O) groups excluding carboxylic acids is 3. The molecule has 0 saturated heterocycles. The van der Waals surface area contributed by atoms with Gasteiger partial charge in [0.15, 0.2) is 12.4 Å². The molecule has 0 heterocycles. The van der Waals surface area contributed by atoms with Crippen LogP contribution in [0.5, 0.6) is 5.75 Å². The highest BCUT2D eigenvalue weighted by molar-refractivity contribution is 7.98. The molecule has 0 aromatic heterocycles. The minimum atomic E-state index is -0.597. The van der Waals surface area contributed by atoms with E-state index in [0.717, 1.165) is 10.5 Å². The maximum Gasteiger partial charge on any atom is 0.306 e. The molecule has 2 aromatic rings. The van der Waals surface area contributed by atoms with Gasteiger partial charge in [0.2, 0.25) is 0 Å². The zero-order valence-electron chi connectivity index (χ0n) is 16.1. The molecule has 1 N–H and O–H groups in total. The van der Waals surface area contributed by atoms with E-state index in [1.54, 1.807) is 36.0 Å². The molecular weight excluding hydrogens is 378 g/mol. The van der Waals surface area contributed by atoms with Gasteiger partial charge in [-0.15, -0.1) is 11.8 Å². The van der Waals surface area contributed by atoms with Crippen molar-refractivity contribution >= 4 is 35.1 Å². The largest absolute Gasteiger partial charge is 0.495 e. The number of nitrogens with one attached hydrogen (secondary N) is 1. The van der Waals surface area contributed by atoms with E-state index < -0.39 is 18.5 Å². The van der Waals surface area contributed by atoms with Gasteiger partial charge in [-0.25, -0.2) is 0 Å². The van der Waals surface area contributed by atoms with Gasteiger partial charge in [0.25, 0.3) is 5.91 Å². The SMILES string of the molecule is COc1ccc(C)cc1NC(=O)COC(=O)CCC(=O)c1ccc(SC)cc1. The maximum absolute atomic E-state index is 12.1. The van der Waals surface area contributed by atoms with Crippen LogP contribution in [0.3, 0.4) is 0 Å². The molecule has 0 bridgehead atoms. The summed E-state index contributed by atoms with van der Waals surface area (Å²) in [7, 11) is 1.51. The standard InChI is InChI=1S/C21H23NO5S/c1-14-4-10-19(26-2)17(12-14)22-20(24)13-27-21(25)11-9-18(23)15-5-7-16(28-3)8-6-15/h4-8,10,12H,9,11,13H2,1-3H3,(H,22,24). The van der Waals surface area contributed by atoms with Crippen LogP contribution in [0.15, 0.2) is 47.4 Å². The number of esters is 1. The van der Waals surface area contributed by atoms with Crippen LogP contribution < -0.4 is 10.1 Å². The fourth-order valence-electron chi connectivity index (χ4n) is 2.46. The second-order valence-corrected chi connectivity index (χ2v) is 6.94. The van der Waals surface area contributed by atoms with Gasteiger partial charge in [0.1, 0.15) is 5.75 Å². The van der Waals surface area contributed by atoms with Crippen LogP contribution >= 0.6 is 11.8 Å². The second-order valence-electron chi connectivity index (χ2n) is 6.06. The van der Waals surface area contributed by atoms with E-state index >= 15 is 0 Å². The van der Waals surface area contributed by atoms with Crippen molar-refractivity contribution in [3.63, 3.8) is 0 Å². The lowest BCUT2D eigenvalue weighted by Crippen LogP contribution is -2.21. The number of methoxy groups -OCH3 is 1. The molecule has 0 aliphatic heterocycles. The number of amides is 1. The van der Waals surface area contributed by atoms with Gasteiger partial charge in [-0.2, -0.15) is 0 Å². The predicted octanol–water partition coefficient (Wildman–Crippen LogP) is 3.87. The highest BCUT2D eigenvalue weighted by Crippen LogP contribution is 2.25. The number of rotatable bonds is 9. The first-order valence-electron chi connectivity index (χ1n) is 8.70. The lowest BCUT2D eigenvalue weighted by molar-refractivity contribution is -0.147. The normalized spacial score (nSPS) is 10.2. The molecule has 0 fully saturated rings. The Balaban J connectivity index is 1.78. The molecule has 2 aromatic carbocycles. The highest BCUT2D eigenvalue weighted by atomic mass is 32.2. The Morgan fingerprint density at radius 1 is 1.04 bits per heavy atom. The van der Waals surface area contributed by atoms with Gasteiger partial charge in [0, 0.05) is 16.9 Å². The summed E-state index contributed by atoms with van der Waals surface area (Å²) in [6, 6.07) is 12.6. The van der Waals surface area contributed by atoms with Gasteiger partial charge in [0.05, 0.1) is 19.2 Å². The number of aryl methyl sites for hydroxylation is 1. The third-order valence-corrected chi connectivity index (χ3v) is 4.71. The number of ketones is 1. The zero-order chi connectivity index (χ0) is 20.5. The van der Waals surface area contributed by atoms with E-state index in [9.17, 15) is 14.4 Å². The average Bonchev–Trinajstić information content (AvgIpc) is 2.70. The molecule has 0 spiro atoms. The molecule has 0 aliphatic carbocycles. The lowest BCUT2D eigenvalue weighted by Gasteiger charge is -2.11. The summed E-state index contributed by atoms with van der Waals surface area (Å²) in [5, 5.41) is 2.65. The van der Waals surface area contributed by atoms with Crippen molar-refractivity contribution in [3.8, 4) is 5.75 Å². The first-order valence-corrected chi connectivity index (χ1v) is 9.92. The summed E-state index contributed by atoms with van der Waals surface area (Å²) in [6.07, 6.45) is 1.91. The molecule has 0 aliphatic rings. The van der Waals surface area contributed by atoms with Gasteiger partial charge < -0.3 is 14.8 Å². The minimum absolute atomic E-state index is 0.0325.